The fourth-order valence-corrected chi connectivity index (χ4v) is 1.22. The number of pyridine rings is 1. The first-order valence-electron chi connectivity index (χ1n) is 3.10. The molecule has 1 aromatic heterocycles. The second-order valence-electron chi connectivity index (χ2n) is 2.27. The van der Waals surface area contributed by atoms with Gasteiger partial charge in [0.15, 0.2) is 0 Å². The second kappa shape index (κ2) is 2.98. The quantitative estimate of drug-likeness (QED) is 0.692. The van der Waals surface area contributed by atoms with Crippen molar-refractivity contribution in [3.05, 3.63) is 18.5 Å². The Balaban J connectivity index is 2.98. The molecule has 0 unspecified atom stereocenters. The molecule has 0 saturated heterocycles. The Labute approximate surface area is 70.1 Å². The summed E-state index contributed by atoms with van der Waals surface area (Å²) in [4.78, 5) is 3.64. The van der Waals surface area contributed by atoms with Crippen LogP contribution in [0.4, 0.5) is 5.69 Å². The molecular formula is C6H8N2O3S. The van der Waals surface area contributed by atoms with Crippen molar-refractivity contribution < 1.29 is 13.5 Å². The van der Waals surface area contributed by atoms with Crippen LogP contribution in [0.25, 0.3) is 0 Å². The summed E-state index contributed by atoms with van der Waals surface area (Å²) in [6, 6.07) is 1.30. The standard InChI is InChI=1S/C6H8N2O3S/c1-12(10,11)8-5-4-7-3-2-6(5)9/h2-4,8H,1H3,(H,7,9). The number of hydrogen-bond acceptors (Lipinski definition) is 4. The van der Waals surface area contributed by atoms with Crippen LogP contribution in [0.3, 0.4) is 0 Å². The summed E-state index contributed by atoms with van der Waals surface area (Å²) in [6.07, 6.45) is 3.60. The predicted molar refractivity (Wildman–Crippen MR) is 44.4 cm³/mol. The fraction of sp³-hybridized carbons (Fsp3) is 0.167. The highest BCUT2D eigenvalue weighted by atomic mass is 32.2. The van der Waals surface area contributed by atoms with Gasteiger partial charge in [0.1, 0.15) is 11.4 Å². The Bertz CT molecular complexity index is 374. The van der Waals surface area contributed by atoms with E-state index in [1.165, 1.54) is 18.5 Å². The van der Waals surface area contributed by atoms with E-state index in [0.717, 1.165) is 6.26 Å². The van der Waals surface area contributed by atoms with Gasteiger partial charge in [0.05, 0.1) is 12.5 Å². The lowest BCUT2D eigenvalue weighted by molar-refractivity contribution is 0.477. The highest BCUT2D eigenvalue weighted by Gasteiger charge is 2.05. The molecule has 0 fully saturated rings. The lowest BCUT2D eigenvalue weighted by atomic mass is 10.4. The van der Waals surface area contributed by atoms with Gasteiger partial charge < -0.3 is 5.11 Å². The van der Waals surface area contributed by atoms with E-state index in [2.05, 4.69) is 9.71 Å². The maximum Gasteiger partial charge on any atom is 0.229 e. The van der Waals surface area contributed by atoms with Crippen LogP contribution < -0.4 is 4.72 Å². The molecule has 1 rings (SSSR count). The van der Waals surface area contributed by atoms with Crippen LogP contribution in [-0.2, 0) is 10.0 Å². The molecule has 0 aromatic carbocycles. The monoisotopic (exact) mass is 188 g/mol. The maximum absolute atomic E-state index is 10.7. The van der Waals surface area contributed by atoms with Gasteiger partial charge in [0.25, 0.3) is 0 Å². The Kier molecular flexibility index (Phi) is 2.18. The van der Waals surface area contributed by atoms with Gasteiger partial charge in [-0.05, 0) is 0 Å². The molecule has 66 valence electrons. The van der Waals surface area contributed by atoms with Gasteiger partial charge in [0.2, 0.25) is 10.0 Å². The zero-order valence-corrected chi connectivity index (χ0v) is 7.17. The third-order valence-electron chi connectivity index (χ3n) is 1.09. The molecule has 6 heteroatoms. The van der Waals surface area contributed by atoms with Crippen molar-refractivity contribution in [2.75, 3.05) is 11.0 Å². The summed E-state index contributed by atoms with van der Waals surface area (Å²) < 4.78 is 23.5. The molecule has 1 heterocycles. The van der Waals surface area contributed by atoms with Gasteiger partial charge in [0, 0.05) is 12.3 Å². The summed E-state index contributed by atoms with van der Waals surface area (Å²) in [5, 5.41) is 9.11. The maximum atomic E-state index is 10.7. The molecule has 5 nitrogen and oxygen atoms in total. The van der Waals surface area contributed by atoms with E-state index < -0.39 is 10.0 Å². The van der Waals surface area contributed by atoms with Crippen molar-refractivity contribution in [1.29, 1.82) is 0 Å². The zero-order chi connectivity index (χ0) is 9.19. The summed E-state index contributed by atoms with van der Waals surface area (Å²) in [5.74, 6) is -0.143. The molecule has 0 aliphatic heterocycles. The van der Waals surface area contributed by atoms with Crippen LogP contribution in [0, 0.1) is 0 Å². The van der Waals surface area contributed by atoms with Crippen molar-refractivity contribution >= 4 is 15.7 Å². The lowest BCUT2D eigenvalue weighted by Crippen LogP contribution is -2.09. The summed E-state index contributed by atoms with van der Waals surface area (Å²) in [6.45, 7) is 0. The van der Waals surface area contributed by atoms with E-state index >= 15 is 0 Å². The topological polar surface area (TPSA) is 79.3 Å². The molecule has 0 radical (unpaired) electrons. The molecule has 0 aliphatic carbocycles. The van der Waals surface area contributed by atoms with Gasteiger partial charge >= 0.3 is 0 Å². The zero-order valence-electron chi connectivity index (χ0n) is 6.35. The van der Waals surface area contributed by atoms with Crippen LogP contribution in [-0.4, -0.2) is 24.8 Å². The highest BCUT2D eigenvalue weighted by Crippen LogP contribution is 2.20. The Hall–Kier alpha value is -1.30. The minimum absolute atomic E-state index is 0.0833. The molecule has 12 heavy (non-hydrogen) atoms. The third-order valence-corrected chi connectivity index (χ3v) is 1.68. The largest absolute Gasteiger partial charge is 0.506 e. The molecule has 0 amide bonds. The number of rotatable bonds is 2. The number of aromatic nitrogens is 1. The number of sulfonamides is 1. The van der Waals surface area contributed by atoms with Gasteiger partial charge in [-0.25, -0.2) is 8.42 Å². The van der Waals surface area contributed by atoms with Crippen molar-refractivity contribution in [3.8, 4) is 5.75 Å². The molecule has 2 N–H and O–H groups in total. The van der Waals surface area contributed by atoms with Gasteiger partial charge in [-0.15, -0.1) is 0 Å². The normalized spacial score (nSPS) is 11.1. The predicted octanol–water partition coefficient (Wildman–Crippen LogP) is 0.159. The molecule has 0 spiro atoms. The van der Waals surface area contributed by atoms with Crippen molar-refractivity contribution in [1.82, 2.24) is 4.98 Å². The van der Waals surface area contributed by atoms with E-state index in [1.54, 1.807) is 0 Å². The highest BCUT2D eigenvalue weighted by molar-refractivity contribution is 7.92. The van der Waals surface area contributed by atoms with Crippen molar-refractivity contribution in [3.63, 3.8) is 0 Å². The fourth-order valence-electron chi connectivity index (χ4n) is 0.665. The average Bonchev–Trinajstić information content (AvgIpc) is 1.91. The number of hydrogen-bond donors (Lipinski definition) is 2. The first-order chi connectivity index (χ1) is 5.49. The summed E-state index contributed by atoms with van der Waals surface area (Å²) in [7, 11) is -3.35. The van der Waals surface area contributed by atoms with E-state index in [1.807, 2.05) is 0 Å². The molecule has 0 aliphatic rings. The summed E-state index contributed by atoms with van der Waals surface area (Å²) in [5.41, 5.74) is 0.0833. The van der Waals surface area contributed by atoms with Crippen molar-refractivity contribution in [2.24, 2.45) is 0 Å². The lowest BCUT2D eigenvalue weighted by Gasteiger charge is -2.03. The molecule has 1 aromatic rings. The molecule has 0 saturated carbocycles. The van der Waals surface area contributed by atoms with Crippen LogP contribution in [0.15, 0.2) is 18.5 Å². The minimum Gasteiger partial charge on any atom is -0.506 e. The van der Waals surface area contributed by atoms with Crippen LogP contribution in [0.2, 0.25) is 0 Å². The van der Waals surface area contributed by atoms with Gasteiger partial charge in [-0.1, -0.05) is 0 Å². The molecule has 0 atom stereocenters. The minimum atomic E-state index is -3.35. The smallest absolute Gasteiger partial charge is 0.229 e. The third kappa shape index (κ3) is 2.39. The number of anilines is 1. The Morgan fingerprint density at radius 2 is 2.25 bits per heavy atom. The van der Waals surface area contributed by atoms with Gasteiger partial charge in [-0.3, -0.25) is 9.71 Å². The Morgan fingerprint density at radius 3 is 2.75 bits per heavy atom. The SMILES string of the molecule is CS(=O)(=O)Nc1cnccc1O. The molecule has 0 bridgehead atoms. The van der Waals surface area contributed by atoms with E-state index in [0.29, 0.717) is 0 Å². The van der Waals surface area contributed by atoms with Crippen LogP contribution in [0.5, 0.6) is 5.75 Å². The first-order valence-corrected chi connectivity index (χ1v) is 4.99. The van der Waals surface area contributed by atoms with Crippen LogP contribution in [0.1, 0.15) is 0 Å². The van der Waals surface area contributed by atoms with Crippen LogP contribution >= 0.6 is 0 Å². The first kappa shape index (κ1) is 8.79. The second-order valence-corrected chi connectivity index (χ2v) is 4.02. The number of aromatic hydroxyl groups is 1. The Morgan fingerprint density at radius 1 is 1.58 bits per heavy atom. The van der Waals surface area contributed by atoms with E-state index in [4.69, 9.17) is 5.11 Å². The number of nitrogens with one attached hydrogen (secondary N) is 1. The van der Waals surface area contributed by atoms with E-state index in [-0.39, 0.29) is 11.4 Å². The summed E-state index contributed by atoms with van der Waals surface area (Å²) >= 11 is 0. The molecular weight excluding hydrogens is 180 g/mol. The average molecular weight is 188 g/mol. The van der Waals surface area contributed by atoms with E-state index in [9.17, 15) is 8.42 Å². The van der Waals surface area contributed by atoms with Crippen molar-refractivity contribution in [2.45, 2.75) is 0 Å². The van der Waals surface area contributed by atoms with Gasteiger partial charge in [-0.2, -0.15) is 0 Å². The number of nitrogens with zero attached hydrogens (tertiary/aromatic N) is 1.